The molecule has 0 aliphatic heterocycles. The van der Waals surface area contributed by atoms with Gasteiger partial charge in [0.1, 0.15) is 5.82 Å². The molecule has 2 rings (SSSR count). The first kappa shape index (κ1) is 19.4. The van der Waals surface area contributed by atoms with Crippen LogP contribution in [0.2, 0.25) is 5.02 Å². The predicted octanol–water partition coefficient (Wildman–Crippen LogP) is 2.51. The van der Waals surface area contributed by atoms with Gasteiger partial charge < -0.3 is 5.32 Å². The highest BCUT2D eigenvalue weighted by Gasteiger charge is 2.13. The second-order valence-corrected chi connectivity index (χ2v) is 7.53. The lowest BCUT2D eigenvalue weighted by Gasteiger charge is -2.08. The average molecular weight is 385 g/mol. The van der Waals surface area contributed by atoms with Crippen molar-refractivity contribution < 1.29 is 17.6 Å². The Bertz CT molecular complexity index is 826. The SMILES string of the molecule is O=C(CCNS(=O)(=O)c1ccc(Cl)cc1)NCCc1cccc(F)c1. The normalized spacial score (nSPS) is 11.3. The van der Waals surface area contributed by atoms with Gasteiger partial charge in [-0.15, -0.1) is 0 Å². The van der Waals surface area contributed by atoms with Crippen LogP contribution in [0, 0.1) is 5.82 Å². The molecule has 0 aliphatic carbocycles. The van der Waals surface area contributed by atoms with Gasteiger partial charge in [-0.3, -0.25) is 4.79 Å². The molecule has 0 aromatic heterocycles. The third-order valence-electron chi connectivity index (χ3n) is 3.39. The number of halogens is 2. The van der Waals surface area contributed by atoms with E-state index in [1.165, 1.54) is 36.4 Å². The van der Waals surface area contributed by atoms with Gasteiger partial charge in [0.05, 0.1) is 4.90 Å². The van der Waals surface area contributed by atoms with E-state index in [0.717, 1.165) is 5.56 Å². The molecule has 2 N–H and O–H groups in total. The van der Waals surface area contributed by atoms with Gasteiger partial charge in [-0.2, -0.15) is 0 Å². The van der Waals surface area contributed by atoms with Crippen molar-refractivity contribution in [3.05, 3.63) is 64.9 Å². The lowest BCUT2D eigenvalue weighted by atomic mass is 10.1. The van der Waals surface area contributed by atoms with Crippen molar-refractivity contribution in [2.45, 2.75) is 17.7 Å². The van der Waals surface area contributed by atoms with E-state index in [9.17, 15) is 17.6 Å². The molecule has 1 amide bonds. The minimum atomic E-state index is -3.67. The maximum Gasteiger partial charge on any atom is 0.240 e. The van der Waals surface area contributed by atoms with Crippen molar-refractivity contribution in [3.8, 4) is 0 Å². The first-order valence-electron chi connectivity index (χ1n) is 7.63. The highest BCUT2D eigenvalue weighted by atomic mass is 35.5. The zero-order valence-corrected chi connectivity index (χ0v) is 14.9. The summed E-state index contributed by atoms with van der Waals surface area (Å²) in [5, 5.41) is 3.11. The average Bonchev–Trinajstić information content (AvgIpc) is 2.55. The molecule has 0 aliphatic rings. The lowest BCUT2D eigenvalue weighted by Crippen LogP contribution is -2.31. The Morgan fingerprint density at radius 3 is 2.48 bits per heavy atom. The highest BCUT2D eigenvalue weighted by Crippen LogP contribution is 2.13. The maximum atomic E-state index is 13.0. The van der Waals surface area contributed by atoms with Crippen molar-refractivity contribution in [2.75, 3.05) is 13.1 Å². The first-order valence-corrected chi connectivity index (χ1v) is 9.49. The van der Waals surface area contributed by atoms with Crippen LogP contribution >= 0.6 is 11.6 Å². The summed E-state index contributed by atoms with van der Waals surface area (Å²) in [6.45, 7) is 0.336. The maximum absolute atomic E-state index is 13.0. The molecule has 0 bridgehead atoms. The minimum Gasteiger partial charge on any atom is -0.356 e. The zero-order valence-electron chi connectivity index (χ0n) is 13.3. The monoisotopic (exact) mass is 384 g/mol. The Labute approximate surface area is 151 Å². The summed E-state index contributed by atoms with van der Waals surface area (Å²) in [5.41, 5.74) is 0.781. The van der Waals surface area contributed by atoms with E-state index in [2.05, 4.69) is 10.0 Å². The third kappa shape index (κ3) is 6.45. The van der Waals surface area contributed by atoms with E-state index in [-0.39, 0.29) is 29.6 Å². The van der Waals surface area contributed by atoms with Crippen LogP contribution in [0.5, 0.6) is 0 Å². The Morgan fingerprint density at radius 2 is 1.80 bits per heavy atom. The Morgan fingerprint density at radius 1 is 1.08 bits per heavy atom. The van der Waals surface area contributed by atoms with E-state index in [4.69, 9.17) is 11.6 Å². The number of carbonyl (C=O) groups excluding carboxylic acids is 1. The fraction of sp³-hybridized carbons (Fsp3) is 0.235. The van der Waals surface area contributed by atoms with Gasteiger partial charge in [-0.05, 0) is 48.4 Å². The Balaban J connectivity index is 1.72. The molecule has 0 unspecified atom stereocenters. The van der Waals surface area contributed by atoms with Crippen molar-refractivity contribution in [1.29, 1.82) is 0 Å². The van der Waals surface area contributed by atoms with Crippen molar-refractivity contribution in [2.24, 2.45) is 0 Å². The van der Waals surface area contributed by atoms with Crippen LogP contribution in [0.1, 0.15) is 12.0 Å². The summed E-state index contributed by atoms with van der Waals surface area (Å²) in [6, 6.07) is 11.9. The topological polar surface area (TPSA) is 75.3 Å². The number of hydrogen-bond donors (Lipinski definition) is 2. The minimum absolute atomic E-state index is 0.00989. The quantitative estimate of drug-likeness (QED) is 0.734. The second kappa shape index (κ2) is 8.94. The zero-order chi connectivity index (χ0) is 18.3. The highest BCUT2D eigenvalue weighted by molar-refractivity contribution is 7.89. The van der Waals surface area contributed by atoms with Crippen molar-refractivity contribution >= 4 is 27.5 Å². The van der Waals surface area contributed by atoms with E-state index < -0.39 is 10.0 Å². The van der Waals surface area contributed by atoms with E-state index >= 15 is 0 Å². The predicted molar refractivity (Wildman–Crippen MR) is 94.4 cm³/mol. The summed E-state index contributed by atoms with van der Waals surface area (Å²) in [5.74, 6) is -0.601. The molecular weight excluding hydrogens is 367 g/mol. The molecule has 0 radical (unpaired) electrons. The summed E-state index contributed by atoms with van der Waals surface area (Å²) in [7, 11) is -3.67. The molecule has 8 heteroatoms. The van der Waals surface area contributed by atoms with Crippen LogP contribution in [0.3, 0.4) is 0 Å². The molecule has 0 heterocycles. The second-order valence-electron chi connectivity index (χ2n) is 5.33. The standard InChI is InChI=1S/C17H18ClFN2O3S/c18-14-4-6-16(7-5-14)25(23,24)21-11-9-17(22)20-10-8-13-2-1-3-15(19)12-13/h1-7,12,21H,8-11H2,(H,20,22). The van der Waals surface area contributed by atoms with Gasteiger partial charge >= 0.3 is 0 Å². The third-order valence-corrected chi connectivity index (χ3v) is 5.12. The van der Waals surface area contributed by atoms with E-state index in [1.54, 1.807) is 12.1 Å². The fourth-order valence-corrected chi connectivity index (χ4v) is 3.28. The molecular formula is C17H18ClFN2O3S. The number of sulfonamides is 1. The Kier molecular flexibility index (Phi) is 6.92. The number of hydrogen-bond acceptors (Lipinski definition) is 3. The number of rotatable bonds is 8. The first-order chi connectivity index (χ1) is 11.9. The van der Waals surface area contributed by atoms with E-state index in [1.807, 2.05) is 0 Å². The summed E-state index contributed by atoms with van der Waals surface area (Å²) >= 11 is 5.72. The van der Waals surface area contributed by atoms with Gasteiger partial charge in [0.25, 0.3) is 0 Å². The van der Waals surface area contributed by atoms with Gasteiger partial charge in [-0.1, -0.05) is 23.7 Å². The summed E-state index contributed by atoms with van der Waals surface area (Å²) in [6.07, 6.45) is 0.510. The van der Waals surface area contributed by atoms with Gasteiger partial charge in [0, 0.05) is 24.5 Å². The molecule has 25 heavy (non-hydrogen) atoms. The van der Waals surface area contributed by atoms with Crippen LogP contribution in [0.15, 0.2) is 53.4 Å². The number of carbonyl (C=O) groups is 1. The smallest absolute Gasteiger partial charge is 0.240 e. The largest absolute Gasteiger partial charge is 0.356 e. The fourth-order valence-electron chi connectivity index (χ4n) is 2.12. The molecule has 0 atom stereocenters. The van der Waals surface area contributed by atoms with Crippen LogP contribution in [0.4, 0.5) is 4.39 Å². The van der Waals surface area contributed by atoms with E-state index in [0.29, 0.717) is 18.0 Å². The molecule has 0 saturated heterocycles. The molecule has 0 saturated carbocycles. The van der Waals surface area contributed by atoms with Gasteiger partial charge in [-0.25, -0.2) is 17.5 Å². The molecule has 2 aromatic carbocycles. The van der Waals surface area contributed by atoms with Crippen LogP contribution in [0.25, 0.3) is 0 Å². The van der Waals surface area contributed by atoms with Crippen LogP contribution in [-0.4, -0.2) is 27.4 Å². The van der Waals surface area contributed by atoms with Gasteiger partial charge in [0.2, 0.25) is 15.9 Å². The van der Waals surface area contributed by atoms with Gasteiger partial charge in [0.15, 0.2) is 0 Å². The van der Waals surface area contributed by atoms with Crippen LogP contribution < -0.4 is 10.0 Å². The molecule has 5 nitrogen and oxygen atoms in total. The lowest BCUT2D eigenvalue weighted by molar-refractivity contribution is -0.120. The molecule has 2 aromatic rings. The molecule has 134 valence electrons. The molecule has 0 fully saturated rings. The van der Waals surface area contributed by atoms with Crippen LogP contribution in [-0.2, 0) is 21.2 Å². The number of amides is 1. The number of benzene rings is 2. The number of nitrogens with one attached hydrogen (secondary N) is 2. The Hall–Kier alpha value is -1.96. The van der Waals surface area contributed by atoms with Crippen molar-refractivity contribution in [3.63, 3.8) is 0 Å². The summed E-state index contributed by atoms with van der Waals surface area (Å²) in [4.78, 5) is 11.8. The summed E-state index contributed by atoms with van der Waals surface area (Å²) < 4.78 is 39.5. The molecule has 0 spiro atoms. The van der Waals surface area contributed by atoms with Crippen molar-refractivity contribution in [1.82, 2.24) is 10.0 Å².